The minimum absolute atomic E-state index is 0.165. The number of amides is 2. The van der Waals surface area contributed by atoms with Gasteiger partial charge in [0.25, 0.3) is 5.91 Å². The van der Waals surface area contributed by atoms with Gasteiger partial charge in [-0.05, 0) is 29.8 Å². The van der Waals surface area contributed by atoms with Crippen LogP contribution in [-0.4, -0.2) is 16.4 Å². The number of rotatable bonds is 4. The van der Waals surface area contributed by atoms with E-state index >= 15 is 0 Å². The van der Waals surface area contributed by atoms with E-state index in [0.29, 0.717) is 21.9 Å². The summed E-state index contributed by atoms with van der Waals surface area (Å²) in [6, 6.07) is 18.9. The minimum Gasteiger partial charge on any atom is -0.328 e. The van der Waals surface area contributed by atoms with E-state index in [2.05, 4.69) is 10.3 Å². The van der Waals surface area contributed by atoms with E-state index in [9.17, 15) is 9.59 Å². The first-order chi connectivity index (χ1) is 12.1. The van der Waals surface area contributed by atoms with E-state index in [0.717, 1.165) is 5.56 Å². The highest BCUT2D eigenvalue weighted by atomic mass is 32.1. The van der Waals surface area contributed by atoms with Crippen molar-refractivity contribution in [3.8, 4) is 0 Å². The summed E-state index contributed by atoms with van der Waals surface area (Å²) in [7, 11) is 0. The van der Waals surface area contributed by atoms with Crippen LogP contribution in [0.4, 0.5) is 5.00 Å². The number of carbonyl (C=O) groups is 2. The summed E-state index contributed by atoms with van der Waals surface area (Å²) in [5, 5.41) is 3.30. The van der Waals surface area contributed by atoms with Crippen molar-refractivity contribution in [3.63, 3.8) is 0 Å². The summed E-state index contributed by atoms with van der Waals surface area (Å²) in [6.45, 7) is 2.07. The Hall–Kier alpha value is -2.99. The smallest absolute Gasteiger partial charge is 0.289 e. The summed E-state index contributed by atoms with van der Waals surface area (Å²) in [4.78, 5) is 28.2. The lowest BCUT2D eigenvalue weighted by atomic mass is 10.2. The van der Waals surface area contributed by atoms with Crippen LogP contribution in [0.2, 0.25) is 0 Å². The molecule has 0 unspecified atom stereocenters. The number of hydrogen-bond donors (Lipinski definition) is 1. The average Bonchev–Trinajstić information content (AvgIpc) is 3.05. The molecule has 1 aromatic carbocycles. The maximum Gasteiger partial charge on any atom is 0.289 e. The summed E-state index contributed by atoms with van der Waals surface area (Å²) in [6.07, 6.45) is 1.90. The number of thiophene rings is 1. The molecule has 6 heteroatoms. The number of carbonyl (C=O) groups excluding carboxylic acids is 2. The van der Waals surface area contributed by atoms with Crippen molar-refractivity contribution >= 4 is 28.2 Å². The molecule has 0 aliphatic rings. The fourth-order valence-electron chi connectivity index (χ4n) is 2.34. The number of nitrogens with one attached hydrogen (secondary N) is 1. The topological polar surface area (TPSA) is 63.5 Å². The number of benzene rings is 1. The first-order valence-electron chi connectivity index (χ1n) is 7.78. The molecule has 0 saturated heterocycles. The van der Waals surface area contributed by atoms with Crippen molar-refractivity contribution in [2.75, 3.05) is 5.32 Å². The van der Waals surface area contributed by atoms with Gasteiger partial charge < -0.3 is 9.88 Å². The lowest BCUT2D eigenvalue weighted by Gasteiger charge is -2.07. The van der Waals surface area contributed by atoms with E-state index in [-0.39, 0.29) is 11.8 Å². The predicted octanol–water partition coefficient (Wildman–Crippen LogP) is 3.30. The Kier molecular flexibility index (Phi) is 5.20. The molecular weight excluding hydrogens is 334 g/mol. The molecular formula is C19H17N3O2S. The van der Waals surface area contributed by atoms with Crippen molar-refractivity contribution in [3.05, 3.63) is 82.8 Å². The standard InChI is InChI=1S/C19H17N3O2S/c1-14(23)20-18-11-10-16(25-18)19(24)21-17-9-5-6-12-22(17)13-15-7-3-2-4-8-15/h2-12H,13H2,1H3,(H,20,23). The zero-order chi connectivity index (χ0) is 17.6. The highest BCUT2D eigenvalue weighted by Crippen LogP contribution is 2.22. The molecule has 25 heavy (non-hydrogen) atoms. The summed E-state index contributed by atoms with van der Waals surface area (Å²) < 4.78 is 1.93. The van der Waals surface area contributed by atoms with Crippen molar-refractivity contribution in [2.24, 2.45) is 4.99 Å². The molecule has 1 N–H and O–H groups in total. The largest absolute Gasteiger partial charge is 0.328 e. The second kappa shape index (κ2) is 7.72. The van der Waals surface area contributed by atoms with Gasteiger partial charge in [-0.3, -0.25) is 9.59 Å². The normalized spacial score (nSPS) is 11.3. The van der Waals surface area contributed by atoms with Gasteiger partial charge in [-0.15, -0.1) is 11.3 Å². The van der Waals surface area contributed by atoms with Crippen LogP contribution in [-0.2, 0) is 11.3 Å². The van der Waals surface area contributed by atoms with Gasteiger partial charge in [0.05, 0.1) is 9.88 Å². The Balaban J connectivity index is 1.87. The van der Waals surface area contributed by atoms with Crippen molar-refractivity contribution in [1.82, 2.24) is 4.57 Å². The molecule has 0 atom stereocenters. The SMILES string of the molecule is CC(=O)Nc1ccc(C(=O)N=c2ccccn2Cc2ccccc2)s1. The lowest BCUT2D eigenvalue weighted by molar-refractivity contribution is -0.114. The van der Waals surface area contributed by atoms with Crippen LogP contribution in [0.5, 0.6) is 0 Å². The molecule has 0 spiro atoms. The second-order valence-electron chi connectivity index (χ2n) is 5.43. The molecule has 2 aromatic heterocycles. The zero-order valence-corrected chi connectivity index (χ0v) is 14.5. The molecule has 0 aliphatic carbocycles. The van der Waals surface area contributed by atoms with Crippen molar-refractivity contribution in [2.45, 2.75) is 13.5 Å². The molecule has 5 nitrogen and oxygen atoms in total. The Morgan fingerprint density at radius 1 is 1.04 bits per heavy atom. The molecule has 0 radical (unpaired) electrons. The Bertz CT molecular complexity index is 958. The maximum absolute atomic E-state index is 12.4. The fraction of sp³-hybridized carbons (Fsp3) is 0.105. The molecule has 0 saturated carbocycles. The van der Waals surface area contributed by atoms with Gasteiger partial charge in [0.2, 0.25) is 5.91 Å². The van der Waals surface area contributed by atoms with E-state index in [1.807, 2.05) is 59.3 Å². The van der Waals surface area contributed by atoms with E-state index in [4.69, 9.17) is 0 Å². The minimum atomic E-state index is -0.324. The number of hydrogen-bond acceptors (Lipinski definition) is 3. The van der Waals surface area contributed by atoms with Crippen LogP contribution < -0.4 is 10.8 Å². The molecule has 0 bridgehead atoms. The average molecular weight is 351 g/mol. The van der Waals surface area contributed by atoms with Gasteiger partial charge in [0.15, 0.2) is 0 Å². The van der Waals surface area contributed by atoms with Crippen LogP contribution in [0.15, 0.2) is 71.9 Å². The lowest BCUT2D eigenvalue weighted by Crippen LogP contribution is -2.21. The summed E-state index contributed by atoms with van der Waals surface area (Å²) in [5.41, 5.74) is 1.72. The molecule has 0 fully saturated rings. The predicted molar refractivity (Wildman–Crippen MR) is 98.5 cm³/mol. The summed E-state index contributed by atoms with van der Waals surface area (Å²) >= 11 is 1.21. The van der Waals surface area contributed by atoms with Gasteiger partial charge in [-0.2, -0.15) is 4.99 Å². The first kappa shape index (κ1) is 16.9. The number of pyridine rings is 1. The third kappa shape index (κ3) is 4.51. The van der Waals surface area contributed by atoms with Crippen LogP contribution in [0.25, 0.3) is 0 Å². The van der Waals surface area contributed by atoms with Crippen molar-refractivity contribution in [1.29, 1.82) is 0 Å². The van der Waals surface area contributed by atoms with Crippen LogP contribution in [0, 0.1) is 0 Å². The van der Waals surface area contributed by atoms with Gasteiger partial charge in [-0.1, -0.05) is 36.4 Å². The van der Waals surface area contributed by atoms with Gasteiger partial charge in [0, 0.05) is 19.7 Å². The Morgan fingerprint density at radius 3 is 2.56 bits per heavy atom. The molecule has 2 amide bonds. The van der Waals surface area contributed by atoms with Gasteiger partial charge in [-0.25, -0.2) is 0 Å². The number of aromatic nitrogens is 1. The fourth-order valence-corrected chi connectivity index (χ4v) is 3.17. The second-order valence-corrected chi connectivity index (χ2v) is 6.52. The maximum atomic E-state index is 12.4. The van der Waals surface area contributed by atoms with E-state index < -0.39 is 0 Å². The summed E-state index contributed by atoms with van der Waals surface area (Å²) in [5.74, 6) is -0.490. The molecule has 0 aliphatic heterocycles. The molecule has 2 heterocycles. The number of nitrogens with zero attached hydrogens (tertiary/aromatic N) is 2. The third-order valence-electron chi connectivity index (χ3n) is 3.44. The van der Waals surface area contributed by atoms with Crippen LogP contribution >= 0.6 is 11.3 Å². The highest BCUT2D eigenvalue weighted by molar-refractivity contribution is 7.18. The Labute approximate surface area is 149 Å². The van der Waals surface area contributed by atoms with Gasteiger partial charge >= 0.3 is 0 Å². The monoisotopic (exact) mass is 351 g/mol. The molecule has 3 rings (SSSR count). The van der Waals surface area contributed by atoms with Crippen LogP contribution in [0.1, 0.15) is 22.2 Å². The zero-order valence-electron chi connectivity index (χ0n) is 13.7. The third-order valence-corrected chi connectivity index (χ3v) is 4.43. The Morgan fingerprint density at radius 2 is 1.80 bits per heavy atom. The first-order valence-corrected chi connectivity index (χ1v) is 8.59. The van der Waals surface area contributed by atoms with Crippen molar-refractivity contribution < 1.29 is 9.59 Å². The number of anilines is 1. The quantitative estimate of drug-likeness (QED) is 0.784. The van der Waals surface area contributed by atoms with Gasteiger partial charge in [0.1, 0.15) is 5.49 Å². The van der Waals surface area contributed by atoms with E-state index in [1.165, 1.54) is 18.3 Å². The molecule has 3 aromatic rings. The highest BCUT2D eigenvalue weighted by Gasteiger charge is 2.09. The molecule has 126 valence electrons. The van der Waals surface area contributed by atoms with E-state index in [1.54, 1.807) is 12.1 Å². The van der Waals surface area contributed by atoms with Crippen LogP contribution in [0.3, 0.4) is 0 Å².